The molecular formula is C10H7O2. The van der Waals surface area contributed by atoms with E-state index in [2.05, 4.69) is 0 Å². The molecule has 2 heteroatoms. The Morgan fingerprint density at radius 1 is 0.917 bits per heavy atom. The predicted octanol–water partition coefficient (Wildman–Crippen LogP) is 1.76. The van der Waals surface area contributed by atoms with Gasteiger partial charge in [-0.3, -0.25) is 9.59 Å². The maximum absolute atomic E-state index is 10.4. The largest absolute Gasteiger partial charge is 0.298 e. The molecule has 0 heterocycles. The fraction of sp³-hybridized carbons (Fsp3) is 0. The van der Waals surface area contributed by atoms with Crippen molar-refractivity contribution in [3.05, 3.63) is 41.5 Å². The summed E-state index contributed by atoms with van der Waals surface area (Å²) in [7, 11) is 0. The van der Waals surface area contributed by atoms with Gasteiger partial charge in [-0.2, -0.15) is 0 Å². The van der Waals surface area contributed by atoms with Crippen molar-refractivity contribution in [2.45, 2.75) is 0 Å². The van der Waals surface area contributed by atoms with Crippen LogP contribution in [0.15, 0.2) is 18.2 Å². The molecule has 2 nitrogen and oxygen atoms in total. The molecule has 0 aliphatic carbocycles. The number of rotatable bonds is 3. The van der Waals surface area contributed by atoms with Crippen molar-refractivity contribution in [2.75, 3.05) is 0 Å². The van der Waals surface area contributed by atoms with Crippen LogP contribution in [0.4, 0.5) is 0 Å². The molecule has 1 rings (SSSR count). The van der Waals surface area contributed by atoms with Gasteiger partial charge in [-0.15, -0.1) is 0 Å². The molecule has 0 atom stereocenters. The molecule has 1 aromatic rings. The standard InChI is InChI=1S/C10H7O2/c1-2-8-3-9(6-11)5-10(4-8)7-12/h1-7H. The van der Waals surface area contributed by atoms with Crippen LogP contribution >= 0.6 is 0 Å². The lowest BCUT2D eigenvalue weighted by atomic mass is 10.1. The summed E-state index contributed by atoms with van der Waals surface area (Å²) >= 11 is 0. The second-order valence-corrected chi connectivity index (χ2v) is 2.34. The van der Waals surface area contributed by atoms with Gasteiger partial charge in [0, 0.05) is 11.1 Å². The number of hydrogen-bond donors (Lipinski definition) is 0. The Morgan fingerprint density at radius 2 is 1.33 bits per heavy atom. The Bertz CT molecular complexity index is 262. The van der Waals surface area contributed by atoms with Gasteiger partial charge in [0.2, 0.25) is 0 Å². The smallest absolute Gasteiger partial charge is 0.150 e. The van der Waals surface area contributed by atoms with Gasteiger partial charge >= 0.3 is 0 Å². The van der Waals surface area contributed by atoms with Gasteiger partial charge in [-0.25, -0.2) is 0 Å². The minimum absolute atomic E-state index is 0.455. The van der Waals surface area contributed by atoms with Gasteiger partial charge in [0.15, 0.2) is 0 Å². The third-order valence-corrected chi connectivity index (χ3v) is 1.46. The Kier molecular flexibility index (Phi) is 2.53. The van der Waals surface area contributed by atoms with Crippen molar-refractivity contribution in [2.24, 2.45) is 0 Å². The topological polar surface area (TPSA) is 34.1 Å². The third-order valence-electron chi connectivity index (χ3n) is 1.46. The Labute approximate surface area is 70.5 Å². The van der Waals surface area contributed by atoms with Gasteiger partial charge in [0.25, 0.3) is 0 Å². The molecule has 0 spiro atoms. The minimum atomic E-state index is 0.455. The molecule has 0 unspecified atom stereocenters. The summed E-state index contributed by atoms with van der Waals surface area (Å²) in [6.07, 6.45) is 2.71. The van der Waals surface area contributed by atoms with E-state index >= 15 is 0 Å². The molecule has 0 aromatic heterocycles. The lowest BCUT2D eigenvalue weighted by Crippen LogP contribution is -1.87. The molecule has 0 saturated heterocycles. The Morgan fingerprint density at radius 3 is 1.67 bits per heavy atom. The second-order valence-electron chi connectivity index (χ2n) is 2.34. The first-order valence-electron chi connectivity index (χ1n) is 3.40. The maximum atomic E-state index is 10.4. The van der Waals surface area contributed by atoms with Crippen molar-refractivity contribution in [1.82, 2.24) is 0 Å². The first kappa shape index (κ1) is 8.40. The van der Waals surface area contributed by atoms with Crippen molar-refractivity contribution in [1.29, 1.82) is 0 Å². The number of benzene rings is 1. The first-order chi connectivity index (χ1) is 5.80. The van der Waals surface area contributed by atoms with Crippen LogP contribution in [0, 0.1) is 6.58 Å². The highest BCUT2D eigenvalue weighted by Crippen LogP contribution is 2.08. The molecule has 0 N–H and O–H groups in total. The second kappa shape index (κ2) is 3.62. The zero-order valence-corrected chi connectivity index (χ0v) is 6.36. The summed E-state index contributed by atoms with van der Waals surface area (Å²) in [5.74, 6) is 0. The molecule has 59 valence electrons. The van der Waals surface area contributed by atoms with Crippen LogP contribution in [-0.4, -0.2) is 12.6 Å². The van der Waals surface area contributed by atoms with Crippen LogP contribution in [0.3, 0.4) is 0 Å². The number of hydrogen-bond acceptors (Lipinski definition) is 2. The molecule has 1 aromatic carbocycles. The summed E-state index contributed by atoms with van der Waals surface area (Å²) < 4.78 is 0. The maximum Gasteiger partial charge on any atom is 0.150 e. The quantitative estimate of drug-likeness (QED) is 0.630. The highest BCUT2D eigenvalue weighted by Gasteiger charge is 1.96. The predicted molar refractivity (Wildman–Crippen MR) is 46.0 cm³/mol. The SMILES string of the molecule is [CH]=Cc1cc(C=O)cc(C=O)c1. The molecule has 1 radical (unpaired) electrons. The normalized spacial score (nSPS) is 9.00. The van der Waals surface area contributed by atoms with E-state index in [1.54, 1.807) is 12.1 Å². The summed E-state index contributed by atoms with van der Waals surface area (Å²) in [5.41, 5.74) is 1.58. The zero-order valence-electron chi connectivity index (χ0n) is 6.36. The van der Waals surface area contributed by atoms with E-state index in [-0.39, 0.29) is 0 Å². The molecule has 12 heavy (non-hydrogen) atoms. The van der Waals surface area contributed by atoms with Gasteiger partial charge in [-0.05, 0) is 23.8 Å². The summed E-state index contributed by atoms with van der Waals surface area (Å²) in [4.78, 5) is 20.7. The van der Waals surface area contributed by atoms with Gasteiger partial charge in [-0.1, -0.05) is 12.7 Å². The Balaban J connectivity index is 3.26. The lowest BCUT2D eigenvalue weighted by Gasteiger charge is -1.96. The summed E-state index contributed by atoms with van der Waals surface area (Å²) in [6, 6.07) is 4.73. The highest BCUT2D eigenvalue weighted by molar-refractivity contribution is 5.83. The lowest BCUT2D eigenvalue weighted by molar-refractivity contribution is 0.112. The zero-order chi connectivity index (χ0) is 8.97. The van der Waals surface area contributed by atoms with Crippen molar-refractivity contribution < 1.29 is 9.59 Å². The van der Waals surface area contributed by atoms with Crippen LogP contribution in [0.1, 0.15) is 26.3 Å². The van der Waals surface area contributed by atoms with Crippen LogP contribution < -0.4 is 0 Å². The molecule has 0 fully saturated rings. The minimum Gasteiger partial charge on any atom is -0.298 e. The van der Waals surface area contributed by atoms with Crippen LogP contribution in [-0.2, 0) is 0 Å². The molecule has 0 amide bonds. The van der Waals surface area contributed by atoms with Gasteiger partial charge in [0.05, 0.1) is 0 Å². The van der Waals surface area contributed by atoms with E-state index in [1.165, 1.54) is 12.1 Å². The average molecular weight is 159 g/mol. The van der Waals surface area contributed by atoms with Gasteiger partial charge in [0.1, 0.15) is 12.6 Å². The van der Waals surface area contributed by atoms with E-state index in [0.717, 1.165) is 0 Å². The molecular weight excluding hydrogens is 152 g/mol. The van der Waals surface area contributed by atoms with Crippen LogP contribution in [0.25, 0.3) is 6.08 Å². The monoisotopic (exact) mass is 159 g/mol. The summed E-state index contributed by atoms with van der Waals surface area (Å²) in [6.45, 7) is 5.24. The van der Waals surface area contributed by atoms with Gasteiger partial charge < -0.3 is 0 Å². The fourth-order valence-electron chi connectivity index (χ4n) is 0.935. The average Bonchev–Trinajstić information content (AvgIpc) is 2.16. The Hall–Kier alpha value is -1.70. The van der Waals surface area contributed by atoms with E-state index in [9.17, 15) is 9.59 Å². The summed E-state index contributed by atoms with van der Waals surface area (Å²) in [5, 5.41) is 0. The van der Waals surface area contributed by atoms with Crippen LogP contribution in [0.5, 0.6) is 0 Å². The van der Waals surface area contributed by atoms with Crippen molar-refractivity contribution in [3.8, 4) is 0 Å². The van der Waals surface area contributed by atoms with E-state index < -0.39 is 0 Å². The van der Waals surface area contributed by atoms with Crippen molar-refractivity contribution in [3.63, 3.8) is 0 Å². The molecule has 0 aliphatic rings. The third kappa shape index (κ3) is 1.66. The van der Waals surface area contributed by atoms with Crippen molar-refractivity contribution >= 4 is 18.6 Å². The molecule has 0 bridgehead atoms. The molecule has 0 aliphatic heterocycles. The highest BCUT2D eigenvalue weighted by atomic mass is 16.1. The number of aldehydes is 2. The fourth-order valence-corrected chi connectivity index (χ4v) is 0.935. The van der Waals surface area contributed by atoms with E-state index in [0.29, 0.717) is 29.3 Å². The molecule has 0 saturated carbocycles. The van der Waals surface area contributed by atoms with E-state index in [1.807, 2.05) is 0 Å². The van der Waals surface area contributed by atoms with Crippen LogP contribution in [0.2, 0.25) is 0 Å². The number of carbonyl (C=O) groups is 2. The number of carbonyl (C=O) groups excluding carboxylic acids is 2. The van der Waals surface area contributed by atoms with E-state index in [4.69, 9.17) is 6.58 Å². The first-order valence-corrected chi connectivity index (χ1v) is 3.40.